The van der Waals surface area contributed by atoms with Crippen LogP contribution in [0.4, 0.5) is 5.69 Å². The lowest BCUT2D eigenvalue weighted by Gasteiger charge is -2.10. The van der Waals surface area contributed by atoms with Gasteiger partial charge in [0.15, 0.2) is 6.61 Å². The van der Waals surface area contributed by atoms with Gasteiger partial charge < -0.3 is 15.4 Å². The summed E-state index contributed by atoms with van der Waals surface area (Å²) in [5, 5.41) is 9.78. The monoisotopic (exact) mass is 540 g/mol. The molecule has 0 spiro atoms. The van der Waals surface area contributed by atoms with Crippen molar-refractivity contribution in [3.8, 4) is 5.75 Å². The molecule has 0 aliphatic heterocycles. The summed E-state index contributed by atoms with van der Waals surface area (Å²) < 4.78 is 5.59. The molecule has 0 aliphatic carbocycles. The number of amides is 3. The van der Waals surface area contributed by atoms with Gasteiger partial charge in [0.05, 0.1) is 16.9 Å². The van der Waals surface area contributed by atoms with Gasteiger partial charge in [-0.25, -0.2) is 5.43 Å². The second-order valence-electron chi connectivity index (χ2n) is 8.28. The van der Waals surface area contributed by atoms with Crippen LogP contribution in [0, 0.1) is 0 Å². The zero-order valence-corrected chi connectivity index (χ0v) is 21.8. The minimum absolute atomic E-state index is 0.217. The van der Waals surface area contributed by atoms with Crippen LogP contribution in [0.3, 0.4) is 0 Å². The number of para-hydroxylation sites is 1. The maximum absolute atomic E-state index is 12.3. The average Bonchev–Trinajstić information content (AvgIpc) is 2.88. The van der Waals surface area contributed by atoms with Crippen LogP contribution in [0.15, 0.2) is 71.8 Å². The van der Waals surface area contributed by atoms with Gasteiger partial charge in [-0.05, 0) is 47.4 Å². The first-order chi connectivity index (χ1) is 17.7. The largest absolute Gasteiger partial charge is 0.483 e. The molecule has 3 N–H and O–H groups in total. The summed E-state index contributed by atoms with van der Waals surface area (Å²) in [5.41, 5.74) is 5.15. The normalized spacial score (nSPS) is 10.8. The smallest absolute Gasteiger partial charge is 0.329 e. The van der Waals surface area contributed by atoms with E-state index in [1.807, 2.05) is 24.3 Å². The number of hydrazone groups is 1. The van der Waals surface area contributed by atoms with Crippen molar-refractivity contribution in [2.75, 3.05) is 11.9 Å². The summed E-state index contributed by atoms with van der Waals surface area (Å²) >= 11 is 11.9. The number of anilines is 1. The average molecular weight is 541 g/mol. The van der Waals surface area contributed by atoms with E-state index in [1.54, 1.807) is 36.4 Å². The minimum atomic E-state index is -0.910. The zero-order chi connectivity index (χ0) is 26.8. The lowest BCUT2D eigenvalue weighted by atomic mass is 10.0. The topological polar surface area (TPSA) is 109 Å². The van der Waals surface area contributed by atoms with Gasteiger partial charge in [0.1, 0.15) is 5.75 Å². The number of ether oxygens (including phenoxy) is 1. The van der Waals surface area contributed by atoms with E-state index in [4.69, 9.17) is 27.9 Å². The van der Waals surface area contributed by atoms with Gasteiger partial charge in [-0.3, -0.25) is 14.4 Å². The molecule has 3 aromatic carbocycles. The maximum Gasteiger partial charge on any atom is 0.329 e. The molecule has 3 amide bonds. The number of nitrogens with one attached hydrogen (secondary N) is 3. The number of rotatable bonds is 9. The van der Waals surface area contributed by atoms with E-state index >= 15 is 0 Å². The summed E-state index contributed by atoms with van der Waals surface area (Å²) in [6.07, 6.45) is 1.32. The lowest BCUT2D eigenvalue weighted by molar-refractivity contribution is -0.139. The predicted octanol–water partition coefficient (Wildman–Crippen LogP) is 4.90. The van der Waals surface area contributed by atoms with Crippen molar-refractivity contribution in [1.82, 2.24) is 10.7 Å². The Balaban J connectivity index is 1.49. The molecule has 0 unspecified atom stereocenters. The summed E-state index contributed by atoms with van der Waals surface area (Å²) in [6, 6.07) is 19.3. The molecule has 0 fully saturated rings. The lowest BCUT2D eigenvalue weighted by Crippen LogP contribution is -2.37. The fourth-order valence-corrected chi connectivity index (χ4v) is 3.59. The van der Waals surface area contributed by atoms with Crippen LogP contribution in [0.1, 0.15) is 36.5 Å². The first-order valence-electron chi connectivity index (χ1n) is 11.4. The molecule has 0 heterocycles. The van der Waals surface area contributed by atoms with Crippen molar-refractivity contribution in [3.05, 3.63) is 93.5 Å². The first kappa shape index (κ1) is 27.7. The highest BCUT2D eigenvalue weighted by atomic mass is 35.5. The van der Waals surface area contributed by atoms with Crippen molar-refractivity contribution in [3.63, 3.8) is 0 Å². The molecule has 192 valence electrons. The molecule has 0 bridgehead atoms. The maximum atomic E-state index is 12.3. The Bertz CT molecular complexity index is 1290. The predicted molar refractivity (Wildman–Crippen MR) is 145 cm³/mol. The third-order valence-corrected chi connectivity index (χ3v) is 5.71. The molecule has 0 radical (unpaired) electrons. The molecule has 3 aromatic rings. The van der Waals surface area contributed by atoms with Crippen LogP contribution in [-0.2, 0) is 20.9 Å². The third kappa shape index (κ3) is 8.63. The Morgan fingerprint density at radius 1 is 0.973 bits per heavy atom. The summed E-state index contributed by atoms with van der Waals surface area (Å²) in [6.45, 7) is 4.12. The van der Waals surface area contributed by atoms with Gasteiger partial charge in [0.25, 0.3) is 5.91 Å². The number of benzene rings is 3. The third-order valence-electron chi connectivity index (χ3n) is 5.16. The molecule has 3 rings (SSSR count). The van der Waals surface area contributed by atoms with Gasteiger partial charge in [0.2, 0.25) is 0 Å². The van der Waals surface area contributed by atoms with Crippen molar-refractivity contribution < 1.29 is 19.1 Å². The first-order valence-corrected chi connectivity index (χ1v) is 12.2. The number of hydrogen-bond acceptors (Lipinski definition) is 5. The number of hydrogen-bond donors (Lipinski definition) is 3. The number of halogens is 2. The molecule has 0 aliphatic rings. The fraction of sp³-hybridized carbons (Fsp3) is 0.185. The second-order valence-corrected chi connectivity index (χ2v) is 9.12. The molecule has 0 aromatic heterocycles. The number of carbonyl (C=O) groups is 3. The van der Waals surface area contributed by atoms with Gasteiger partial charge in [-0.15, -0.1) is 0 Å². The van der Waals surface area contributed by atoms with E-state index in [9.17, 15) is 14.4 Å². The quantitative estimate of drug-likeness (QED) is 0.203. The Kier molecular flexibility index (Phi) is 10.1. The van der Waals surface area contributed by atoms with Crippen molar-refractivity contribution in [1.29, 1.82) is 0 Å². The molecular formula is C27H26Cl2N4O4. The highest BCUT2D eigenvalue weighted by Crippen LogP contribution is 2.25. The molecule has 0 atom stereocenters. The summed E-state index contributed by atoms with van der Waals surface area (Å²) in [5.74, 6) is -1.39. The molecule has 0 saturated heterocycles. The van der Waals surface area contributed by atoms with Crippen LogP contribution < -0.4 is 20.8 Å². The zero-order valence-electron chi connectivity index (χ0n) is 20.3. The molecule has 10 heteroatoms. The van der Waals surface area contributed by atoms with Crippen LogP contribution in [0.2, 0.25) is 10.0 Å². The van der Waals surface area contributed by atoms with E-state index in [0.29, 0.717) is 33.0 Å². The summed E-state index contributed by atoms with van der Waals surface area (Å²) in [4.78, 5) is 36.4. The minimum Gasteiger partial charge on any atom is -0.483 e. The standard InChI is InChI=1S/C27H26Cl2N4O4/c1-17(2)19-9-7-18(8-10-19)14-30-26(35)27(36)33-31-15-20-5-3-4-6-24(20)37-16-25(34)32-23-12-11-21(28)13-22(23)29/h3-13,15,17H,14,16H2,1-2H3,(H,30,35)(H,32,34)(H,33,36)/b31-15-. The van der Waals surface area contributed by atoms with E-state index in [-0.39, 0.29) is 13.2 Å². The molecule has 37 heavy (non-hydrogen) atoms. The fourth-order valence-electron chi connectivity index (χ4n) is 3.13. The van der Waals surface area contributed by atoms with Crippen LogP contribution in [0.25, 0.3) is 0 Å². The summed E-state index contributed by atoms with van der Waals surface area (Å²) in [7, 11) is 0. The SMILES string of the molecule is CC(C)c1ccc(CNC(=O)C(=O)N/N=C\c2ccccc2OCC(=O)Nc2ccc(Cl)cc2Cl)cc1. The Morgan fingerprint density at radius 3 is 2.41 bits per heavy atom. The second kappa shape index (κ2) is 13.4. The van der Waals surface area contributed by atoms with Gasteiger partial charge in [-0.2, -0.15) is 5.10 Å². The highest BCUT2D eigenvalue weighted by molar-refractivity contribution is 6.36. The van der Waals surface area contributed by atoms with Gasteiger partial charge in [0, 0.05) is 17.1 Å². The van der Waals surface area contributed by atoms with E-state index in [0.717, 1.165) is 5.56 Å². The van der Waals surface area contributed by atoms with Crippen LogP contribution >= 0.6 is 23.2 Å². The number of carbonyl (C=O) groups excluding carboxylic acids is 3. The van der Waals surface area contributed by atoms with Crippen LogP contribution in [-0.4, -0.2) is 30.5 Å². The van der Waals surface area contributed by atoms with Crippen molar-refractivity contribution in [2.24, 2.45) is 5.10 Å². The molecule has 8 nitrogen and oxygen atoms in total. The Hall–Kier alpha value is -3.88. The Morgan fingerprint density at radius 2 is 1.70 bits per heavy atom. The van der Waals surface area contributed by atoms with Gasteiger partial charge in [-0.1, -0.05) is 73.4 Å². The molecule has 0 saturated carbocycles. The van der Waals surface area contributed by atoms with E-state index in [2.05, 4.69) is 35.0 Å². The van der Waals surface area contributed by atoms with Crippen molar-refractivity contribution >= 4 is 52.8 Å². The number of nitrogens with zero attached hydrogens (tertiary/aromatic N) is 1. The van der Waals surface area contributed by atoms with Gasteiger partial charge >= 0.3 is 11.8 Å². The van der Waals surface area contributed by atoms with Crippen LogP contribution in [0.5, 0.6) is 5.75 Å². The van der Waals surface area contributed by atoms with E-state index in [1.165, 1.54) is 17.8 Å². The molecular weight excluding hydrogens is 515 g/mol. The van der Waals surface area contributed by atoms with Crippen molar-refractivity contribution in [2.45, 2.75) is 26.3 Å². The highest BCUT2D eigenvalue weighted by Gasteiger charge is 2.13. The van der Waals surface area contributed by atoms with E-state index < -0.39 is 17.7 Å². The Labute approximate surface area is 225 Å².